The Morgan fingerprint density at radius 1 is 1.38 bits per heavy atom. The molecule has 0 bridgehead atoms. The molecule has 5 nitrogen and oxygen atoms in total. The summed E-state index contributed by atoms with van der Waals surface area (Å²) in [6.07, 6.45) is 5.96. The van der Waals surface area contributed by atoms with Crippen LogP contribution in [0.15, 0.2) is 18.3 Å². The Morgan fingerprint density at radius 3 is 2.76 bits per heavy atom. The standard InChI is InChI=1S/C16H25N3O2/c1-3-19(4-2)16(20)14-11-12(9-10-18-14)21-15-8-6-5-7-13(15)17/h9-11,13,15H,3-8,17H2,1-2H3. The highest BCUT2D eigenvalue weighted by atomic mass is 16.5. The van der Waals surface area contributed by atoms with E-state index in [0.717, 1.165) is 19.3 Å². The van der Waals surface area contributed by atoms with Crippen molar-refractivity contribution in [2.45, 2.75) is 51.7 Å². The molecule has 1 aromatic rings. The maximum atomic E-state index is 12.3. The molecule has 2 atom stereocenters. The Kier molecular flexibility index (Phi) is 5.56. The highest BCUT2D eigenvalue weighted by Gasteiger charge is 2.24. The minimum atomic E-state index is -0.0570. The normalized spacial score (nSPS) is 21.9. The molecule has 2 rings (SSSR count). The van der Waals surface area contributed by atoms with E-state index in [2.05, 4.69) is 4.98 Å². The molecule has 1 aromatic heterocycles. The third-order valence-electron chi connectivity index (χ3n) is 4.04. The highest BCUT2D eigenvalue weighted by Crippen LogP contribution is 2.23. The fourth-order valence-electron chi connectivity index (χ4n) is 2.72. The third kappa shape index (κ3) is 3.94. The Bertz CT molecular complexity index is 474. The third-order valence-corrected chi connectivity index (χ3v) is 4.04. The average Bonchev–Trinajstić information content (AvgIpc) is 2.51. The van der Waals surface area contributed by atoms with Crippen LogP contribution >= 0.6 is 0 Å². The number of pyridine rings is 1. The fraction of sp³-hybridized carbons (Fsp3) is 0.625. The van der Waals surface area contributed by atoms with Crippen LogP contribution in [-0.4, -0.2) is 41.0 Å². The van der Waals surface area contributed by atoms with E-state index in [0.29, 0.717) is 24.5 Å². The second-order valence-corrected chi connectivity index (χ2v) is 5.46. The molecule has 0 saturated heterocycles. The van der Waals surface area contributed by atoms with Gasteiger partial charge in [0, 0.05) is 31.4 Å². The molecule has 0 spiro atoms. The van der Waals surface area contributed by atoms with E-state index >= 15 is 0 Å². The van der Waals surface area contributed by atoms with Gasteiger partial charge in [0.1, 0.15) is 17.5 Å². The van der Waals surface area contributed by atoms with Crippen molar-refractivity contribution >= 4 is 5.91 Å². The van der Waals surface area contributed by atoms with Crippen LogP contribution in [0.3, 0.4) is 0 Å². The van der Waals surface area contributed by atoms with Gasteiger partial charge in [-0.25, -0.2) is 0 Å². The predicted molar refractivity (Wildman–Crippen MR) is 82.3 cm³/mol. The smallest absolute Gasteiger partial charge is 0.272 e. The summed E-state index contributed by atoms with van der Waals surface area (Å²) in [7, 11) is 0. The summed E-state index contributed by atoms with van der Waals surface area (Å²) in [6, 6.07) is 3.59. The van der Waals surface area contributed by atoms with E-state index in [1.807, 2.05) is 13.8 Å². The van der Waals surface area contributed by atoms with Gasteiger partial charge in [-0.1, -0.05) is 6.42 Å². The summed E-state index contributed by atoms with van der Waals surface area (Å²) in [5.41, 5.74) is 6.53. The predicted octanol–water partition coefficient (Wildman–Crippen LogP) is 2.21. The van der Waals surface area contributed by atoms with Gasteiger partial charge >= 0.3 is 0 Å². The van der Waals surface area contributed by atoms with Crippen molar-refractivity contribution in [1.29, 1.82) is 0 Å². The van der Waals surface area contributed by atoms with Crippen molar-refractivity contribution in [3.63, 3.8) is 0 Å². The molecule has 0 aliphatic heterocycles. The summed E-state index contributed by atoms with van der Waals surface area (Å²) in [4.78, 5) is 18.2. The largest absolute Gasteiger partial charge is 0.489 e. The number of rotatable bonds is 5. The van der Waals surface area contributed by atoms with Gasteiger partial charge in [-0.15, -0.1) is 0 Å². The Labute approximate surface area is 126 Å². The lowest BCUT2D eigenvalue weighted by molar-refractivity contribution is 0.0765. The molecule has 0 radical (unpaired) electrons. The molecular formula is C16H25N3O2. The van der Waals surface area contributed by atoms with Crippen molar-refractivity contribution in [2.75, 3.05) is 13.1 Å². The van der Waals surface area contributed by atoms with Crippen molar-refractivity contribution in [2.24, 2.45) is 5.73 Å². The lowest BCUT2D eigenvalue weighted by Gasteiger charge is -2.29. The lowest BCUT2D eigenvalue weighted by atomic mass is 9.93. The van der Waals surface area contributed by atoms with Crippen molar-refractivity contribution in [3.05, 3.63) is 24.0 Å². The molecule has 1 aliphatic rings. The van der Waals surface area contributed by atoms with E-state index in [1.165, 1.54) is 6.42 Å². The van der Waals surface area contributed by atoms with Gasteiger partial charge in [-0.2, -0.15) is 0 Å². The minimum absolute atomic E-state index is 0.0394. The van der Waals surface area contributed by atoms with Gasteiger partial charge < -0.3 is 15.4 Å². The summed E-state index contributed by atoms with van der Waals surface area (Å²) in [6.45, 7) is 5.27. The van der Waals surface area contributed by atoms with Gasteiger partial charge in [0.15, 0.2) is 0 Å². The van der Waals surface area contributed by atoms with Crippen molar-refractivity contribution in [3.8, 4) is 5.75 Å². The monoisotopic (exact) mass is 291 g/mol. The van der Waals surface area contributed by atoms with Gasteiger partial charge in [-0.3, -0.25) is 9.78 Å². The second kappa shape index (κ2) is 7.41. The number of nitrogens with zero attached hydrogens (tertiary/aromatic N) is 2. The zero-order chi connectivity index (χ0) is 15.2. The number of hydrogen-bond donors (Lipinski definition) is 1. The van der Waals surface area contributed by atoms with Crippen molar-refractivity contribution < 1.29 is 9.53 Å². The maximum Gasteiger partial charge on any atom is 0.272 e. The van der Waals surface area contributed by atoms with Crippen LogP contribution in [-0.2, 0) is 0 Å². The minimum Gasteiger partial charge on any atom is -0.489 e. The highest BCUT2D eigenvalue weighted by molar-refractivity contribution is 5.92. The van der Waals surface area contributed by atoms with Gasteiger partial charge in [0.05, 0.1) is 0 Å². The summed E-state index contributed by atoms with van der Waals surface area (Å²) in [5, 5.41) is 0. The van der Waals surface area contributed by atoms with Gasteiger partial charge in [0.2, 0.25) is 0 Å². The van der Waals surface area contributed by atoms with E-state index < -0.39 is 0 Å². The van der Waals surface area contributed by atoms with E-state index in [-0.39, 0.29) is 18.1 Å². The molecule has 5 heteroatoms. The van der Waals surface area contributed by atoms with Crippen LogP contribution in [0, 0.1) is 0 Å². The second-order valence-electron chi connectivity index (χ2n) is 5.46. The quantitative estimate of drug-likeness (QED) is 0.903. The van der Waals surface area contributed by atoms with Gasteiger partial charge in [-0.05, 0) is 39.2 Å². The van der Waals surface area contributed by atoms with E-state index in [1.54, 1.807) is 23.2 Å². The molecular weight excluding hydrogens is 266 g/mol. The Balaban J connectivity index is 2.08. The maximum absolute atomic E-state index is 12.3. The van der Waals surface area contributed by atoms with Crippen LogP contribution in [0.5, 0.6) is 5.75 Å². The number of carbonyl (C=O) groups excluding carboxylic acids is 1. The van der Waals surface area contributed by atoms with Crippen LogP contribution in [0.25, 0.3) is 0 Å². The molecule has 1 fully saturated rings. The first-order valence-electron chi connectivity index (χ1n) is 7.83. The zero-order valence-electron chi connectivity index (χ0n) is 12.9. The van der Waals surface area contributed by atoms with E-state index in [9.17, 15) is 4.79 Å². The van der Waals surface area contributed by atoms with Gasteiger partial charge in [0.25, 0.3) is 5.91 Å². The molecule has 21 heavy (non-hydrogen) atoms. The summed E-state index contributed by atoms with van der Waals surface area (Å²) >= 11 is 0. The molecule has 0 aromatic carbocycles. The number of nitrogens with two attached hydrogens (primary N) is 1. The first-order valence-corrected chi connectivity index (χ1v) is 7.83. The molecule has 1 heterocycles. The van der Waals surface area contributed by atoms with Crippen molar-refractivity contribution in [1.82, 2.24) is 9.88 Å². The molecule has 1 aliphatic carbocycles. The van der Waals surface area contributed by atoms with Crippen LogP contribution < -0.4 is 10.5 Å². The average molecular weight is 291 g/mol. The number of hydrogen-bond acceptors (Lipinski definition) is 4. The van der Waals surface area contributed by atoms with Crippen LogP contribution in [0.4, 0.5) is 0 Å². The summed E-state index contributed by atoms with van der Waals surface area (Å²) < 4.78 is 5.97. The molecule has 2 unspecified atom stereocenters. The topological polar surface area (TPSA) is 68.5 Å². The zero-order valence-corrected chi connectivity index (χ0v) is 12.9. The Morgan fingerprint density at radius 2 is 2.10 bits per heavy atom. The van der Waals surface area contributed by atoms with E-state index in [4.69, 9.17) is 10.5 Å². The lowest BCUT2D eigenvalue weighted by Crippen LogP contribution is -2.41. The number of amides is 1. The van der Waals surface area contributed by atoms with Crippen LogP contribution in [0.1, 0.15) is 50.0 Å². The van der Waals surface area contributed by atoms with Crippen LogP contribution in [0.2, 0.25) is 0 Å². The SMILES string of the molecule is CCN(CC)C(=O)c1cc(OC2CCCCC2N)ccn1. The fourth-order valence-corrected chi connectivity index (χ4v) is 2.72. The Hall–Kier alpha value is -1.62. The molecule has 1 saturated carbocycles. The number of ether oxygens (including phenoxy) is 1. The summed E-state index contributed by atoms with van der Waals surface area (Å²) in [5.74, 6) is 0.626. The first-order chi connectivity index (χ1) is 10.2. The first kappa shape index (κ1) is 15.8. The number of carbonyl (C=O) groups is 1. The molecule has 1 amide bonds. The number of aromatic nitrogens is 1. The molecule has 116 valence electrons. The molecule has 2 N–H and O–H groups in total.